The first-order valence-electron chi connectivity index (χ1n) is 12.5. The van der Waals surface area contributed by atoms with Crippen LogP contribution in [0, 0.1) is 0 Å². The summed E-state index contributed by atoms with van der Waals surface area (Å²) in [5.41, 5.74) is 1.39. The predicted molar refractivity (Wildman–Crippen MR) is 152 cm³/mol. The molecule has 1 aliphatic heterocycles. The van der Waals surface area contributed by atoms with Crippen molar-refractivity contribution in [2.45, 2.75) is 103 Å². The molecule has 3 atom stereocenters. The molecule has 0 spiro atoms. The summed E-state index contributed by atoms with van der Waals surface area (Å²) in [5.74, 6) is 1.12. The standard InChI is InChI=1S/C22H45N5O4Si4/c1-32(2,3)26-22-24-20-19(21(25-22)31-35(10,11)12)23-15-27(20)18-13-16(30-34(7,8)9)17(29-18)14-28-33(4,5)6/h15-18H,13-14H2,1-12H3,(H,24,25,26). The maximum atomic E-state index is 6.56. The SMILES string of the molecule is C[Si](C)(C)Nc1nc(O[Si](C)(C)C)c2ncn(C3CC(O[Si](C)(C)C)C(CO[Si](C)(C)C)O3)c2n1. The number of hydrogen-bond acceptors (Lipinski definition) is 8. The van der Waals surface area contributed by atoms with Gasteiger partial charge in [0.2, 0.25) is 20.1 Å². The predicted octanol–water partition coefficient (Wildman–Crippen LogP) is 5.65. The molecule has 0 bridgehead atoms. The number of anilines is 1. The minimum atomic E-state index is -1.91. The van der Waals surface area contributed by atoms with Crippen LogP contribution in [0.15, 0.2) is 6.33 Å². The van der Waals surface area contributed by atoms with E-state index in [1.807, 2.05) is 4.57 Å². The van der Waals surface area contributed by atoms with Gasteiger partial charge in [-0.25, -0.2) is 4.98 Å². The number of nitrogens with zero attached hydrogens (tertiary/aromatic N) is 4. The Morgan fingerprint density at radius 1 is 0.943 bits per heavy atom. The van der Waals surface area contributed by atoms with Gasteiger partial charge in [-0.15, -0.1) is 0 Å². The summed E-state index contributed by atoms with van der Waals surface area (Å²) in [5, 5.41) is 0. The lowest BCUT2D eigenvalue weighted by Gasteiger charge is -2.28. The van der Waals surface area contributed by atoms with Crippen molar-refractivity contribution >= 4 is 50.3 Å². The van der Waals surface area contributed by atoms with Gasteiger partial charge in [-0.2, -0.15) is 9.97 Å². The molecule has 0 amide bonds. The monoisotopic (exact) mass is 555 g/mol. The van der Waals surface area contributed by atoms with Crippen LogP contribution in [0.1, 0.15) is 12.6 Å². The van der Waals surface area contributed by atoms with Gasteiger partial charge in [-0.3, -0.25) is 4.57 Å². The summed E-state index contributed by atoms with van der Waals surface area (Å²) in [6, 6.07) is 0. The molecule has 1 saturated heterocycles. The second-order valence-corrected chi connectivity index (χ2v) is 31.5. The first kappa shape index (κ1) is 28.5. The topological polar surface area (TPSA) is 92.6 Å². The van der Waals surface area contributed by atoms with Crippen molar-refractivity contribution in [1.82, 2.24) is 19.5 Å². The lowest BCUT2D eigenvalue weighted by molar-refractivity contribution is -0.0367. The molecule has 35 heavy (non-hydrogen) atoms. The minimum absolute atomic E-state index is 0.0282. The molecule has 1 N–H and O–H groups in total. The number of imidazole rings is 1. The molecule has 9 nitrogen and oxygen atoms in total. The normalized spacial score (nSPS) is 22.1. The van der Waals surface area contributed by atoms with Gasteiger partial charge < -0.3 is 23.0 Å². The molecule has 0 aliphatic carbocycles. The molecular formula is C22H45N5O4Si4. The summed E-state index contributed by atoms with van der Waals surface area (Å²) in [6.07, 6.45) is 2.12. The van der Waals surface area contributed by atoms with Gasteiger partial charge in [0.1, 0.15) is 20.6 Å². The second-order valence-electron chi connectivity index (χ2n) is 13.3. The van der Waals surface area contributed by atoms with Crippen molar-refractivity contribution in [2.24, 2.45) is 0 Å². The van der Waals surface area contributed by atoms with E-state index < -0.39 is 33.2 Å². The van der Waals surface area contributed by atoms with Crippen LogP contribution in [0.25, 0.3) is 11.2 Å². The van der Waals surface area contributed by atoms with E-state index in [1.165, 1.54) is 0 Å². The van der Waals surface area contributed by atoms with Gasteiger partial charge in [-0.05, 0) is 58.9 Å². The third kappa shape index (κ3) is 8.47. The number of rotatable bonds is 10. The Bertz CT molecular complexity index is 1020. The summed E-state index contributed by atoms with van der Waals surface area (Å²) in [4.78, 5) is 17.8. The zero-order valence-electron chi connectivity index (χ0n) is 23.6. The first-order valence-corrected chi connectivity index (χ1v) is 26.2. The van der Waals surface area contributed by atoms with Crippen molar-refractivity contribution in [2.75, 3.05) is 11.6 Å². The Balaban J connectivity index is 1.99. The highest BCUT2D eigenvalue weighted by molar-refractivity contribution is 6.79. The molecule has 198 valence electrons. The molecule has 0 aromatic carbocycles. The number of nitrogens with one attached hydrogen (secondary N) is 1. The Morgan fingerprint density at radius 2 is 1.60 bits per heavy atom. The number of fused-ring (bicyclic) bond motifs is 1. The van der Waals surface area contributed by atoms with Crippen LogP contribution in [0.5, 0.6) is 5.88 Å². The zero-order chi connectivity index (χ0) is 26.4. The van der Waals surface area contributed by atoms with Crippen molar-refractivity contribution in [3.05, 3.63) is 6.33 Å². The fourth-order valence-electron chi connectivity index (χ4n) is 3.79. The van der Waals surface area contributed by atoms with Crippen LogP contribution in [0.2, 0.25) is 78.6 Å². The minimum Gasteiger partial charge on any atom is -0.530 e. The Morgan fingerprint density at radius 3 is 2.14 bits per heavy atom. The van der Waals surface area contributed by atoms with E-state index >= 15 is 0 Å². The maximum absolute atomic E-state index is 6.56. The van der Waals surface area contributed by atoms with E-state index in [9.17, 15) is 0 Å². The number of aromatic nitrogens is 4. The van der Waals surface area contributed by atoms with E-state index in [0.29, 0.717) is 24.0 Å². The molecule has 0 saturated carbocycles. The Kier molecular flexibility index (Phi) is 8.12. The van der Waals surface area contributed by atoms with Gasteiger partial charge in [0.05, 0.1) is 19.0 Å². The summed E-state index contributed by atoms with van der Waals surface area (Å²) < 4.78 is 27.7. The van der Waals surface area contributed by atoms with E-state index in [-0.39, 0.29) is 18.4 Å². The van der Waals surface area contributed by atoms with E-state index in [2.05, 4.69) is 88.5 Å². The largest absolute Gasteiger partial charge is 0.530 e. The summed E-state index contributed by atoms with van der Waals surface area (Å²) in [6.45, 7) is 26.9. The third-order valence-electron chi connectivity index (χ3n) is 4.96. The average molecular weight is 556 g/mol. The molecule has 0 radical (unpaired) electrons. The highest BCUT2D eigenvalue weighted by Gasteiger charge is 2.41. The van der Waals surface area contributed by atoms with Crippen molar-refractivity contribution in [1.29, 1.82) is 0 Å². The van der Waals surface area contributed by atoms with Crippen molar-refractivity contribution in [3.8, 4) is 5.88 Å². The number of ether oxygens (including phenoxy) is 1. The van der Waals surface area contributed by atoms with Gasteiger partial charge >= 0.3 is 0 Å². The molecule has 3 heterocycles. The molecule has 13 heteroatoms. The molecule has 2 aromatic rings. The van der Waals surface area contributed by atoms with E-state index in [4.69, 9.17) is 28.0 Å². The van der Waals surface area contributed by atoms with Crippen LogP contribution in [-0.4, -0.2) is 71.5 Å². The van der Waals surface area contributed by atoms with Gasteiger partial charge in [0, 0.05) is 6.42 Å². The molecule has 3 unspecified atom stereocenters. The Hall–Kier alpha value is -1.10. The smallest absolute Gasteiger partial charge is 0.244 e. The first-order chi connectivity index (χ1) is 15.8. The maximum Gasteiger partial charge on any atom is 0.244 e. The van der Waals surface area contributed by atoms with Crippen LogP contribution in [0.3, 0.4) is 0 Å². The van der Waals surface area contributed by atoms with Gasteiger partial charge in [0.25, 0.3) is 0 Å². The van der Waals surface area contributed by atoms with Crippen LogP contribution < -0.4 is 9.41 Å². The lowest BCUT2D eigenvalue weighted by atomic mass is 10.2. The van der Waals surface area contributed by atoms with Crippen LogP contribution in [-0.2, 0) is 13.6 Å². The fourth-order valence-corrected chi connectivity index (χ4v) is 7.11. The fraction of sp³-hybridized carbons (Fsp3) is 0.773. The third-order valence-corrected chi connectivity index (χ3v) is 8.78. The average Bonchev–Trinajstić information content (AvgIpc) is 3.19. The molecule has 1 fully saturated rings. The van der Waals surface area contributed by atoms with Crippen LogP contribution in [0.4, 0.5) is 5.95 Å². The van der Waals surface area contributed by atoms with Crippen molar-refractivity contribution in [3.63, 3.8) is 0 Å². The lowest BCUT2D eigenvalue weighted by Crippen LogP contribution is -2.40. The second kappa shape index (κ2) is 9.99. The Labute approximate surface area is 214 Å². The summed E-state index contributed by atoms with van der Waals surface area (Å²) in [7, 11) is -7.05. The van der Waals surface area contributed by atoms with Gasteiger partial charge in [0.15, 0.2) is 27.8 Å². The molecule has 2 aromatic heterocycles. The molecule has 1 aliphatic rings. The highest BCUT2D eigenvalue weighted by atomic mass is 28.4. The van der Waals surface area contributed by atoms with Crippen LogP contribution >= 0.6 is 0 Å². The highest BCUT2D eigenvalue weighted by Crippen LogP contribution is 2.36. The quantitative estimate of drug-likeness (QED) is 0.376. The summed E-state index contributed by atoms with van der Waals surface area (Å²) >= 11 is 0. The number of hydrogen-bond donors (Lipinski definition) is 1. The molecular weight excluding hydrogens is 511 g/mol. The van der Waals surface area contributed by atoms with E-state index in [0.717, 1.165) is 12.1 Å². The van der Waals surface area contributed by atoms with Gasteiger partial charge in [-0.1, -0.05) is 19.6 Å². The zero-order valence-corrected chi connectivity index (χ0v) is 27.6. The van der Waals surface area contributed by atoms with E-state index in [1.54, 1.807) is 6.33 Å². The molecule has 3 rings (SSSR count). The van der Waals surface area contributed by atoms with Crippen molar-refractivity contribution < 1.29 is 18.0 Å².